The number of hydrogen-bond donors (Lipinski definition) is 0. The predicted octanol–water partition coefficient (Wildman–Crippen LogP) is 7.86. The van der Waals surface area contributed by atoms with Crippen molar-refractivity contribution in [1.29, 1.82) is 0 Å². The molecule has 0 atom stereocenters. The lowest BCUT2D eigenvalue weighted by Gasteiger charge is -2.16. The molecule has 0 radical (unpaired) electrons. The quantitative estimate of drug-likeness (QED) is 0.195. The van der Waals surface area contributed by atoms with Crippen LogP contribution in [0.25, 0.3) is 6.08 Å². The van der Waals surface area contributed by atoms with Crippen LogP contribution in [0.1, 0.15) is 18.1 Å². The molecule has 0 unspecified atom stereocenters. The first-order valence-corrected chi connectivity index (χ1v) is 14.2. The average Bonchev–Trinajstić information content (AvgIpc) is 3.17. The van der Waals surface area contributed by atoms with Crippen molar-refractivity contribution < 1.29 is 28.5 Å². The third kappa shape index (κ3) is 7.22. The molecule has 3 aromatic carbocycles. The zero-order valence-electron chi connectivity index (χ0n) is 21.0. The maximum Gasteiger partial charge on any atom is 0.293 e. The molecule has 4 rings (SSSR count). The van der Waals surface area contributed by atoms with E-state index in [2.05, 4.69) is 15.9 Å². The van der Waals surface area contributed by atoms with Gasteiger partial charge in [-0.25, -0.2) is 0 Å². The van der Waals surface area contributed by atoms with Gasteiger partial charge in [-0.15, -0.1) is 0 Å². The molecule has 0 saturated carbocycles. The third-order valence-corrected chi connectivity index (χ3v) is 7.62. The van der Waals surface area contributed by atoms with E-state index in [1.807, 2.05) is 19.1 Å². The maximum atomic E-state index is 13.0. The number of benzene rings is 3. The Kier molecular flexibility index (Phi) is 10.1. The monoisotopic (exact) mass is 651 g/mol. The highest BCUT2D eigenvalue weighted by atomic mass is 79.9. The average molecular weight is 653 g/mol. The van der Waals surface area contributed by atoms with Crippen LogP contribution in [0.3, 0.4) is 0 Å². The highest BCUT2D eigenvalue weighted by Crippen LogP contribution is 2.40. The Morgan fingerprint density at radius 2 is 1.74 bits per heavy atom. The number of ether oxygens (including phenoxy) is 4. The largest absolute Gasteiger partial charge is 0.493 e. The van der Waals surface area contributed by atoms with Crippen LogP contribution >= 0.6 is 50.9 Å². The molecule has 0 N–H and O–H groups in total. The molecule has 1 fully saturated rings. The minimum atomic E-state index is -0.389. The van der Waals surface area contributed by atoms with Gasteiger partial charge in [-0.2, -0.15) is 0 Å². The van der Waals surface area contributed by atoms with Gasteiger partial charge in [0.1, 0.15) is 13.2 Å². The summed E-state index contributed by atoms with van der Waals surface area (Å²) < 4.78 is 23.5. The van der Waals surface area contributed by atoms with Gasteiger partial charge in [0.15, 0.2) is 23.0 Å². The highest BCUT2D eigenvalue weighted by molar-refractivity contribution is 9.10. The Morgan fingerprint density at radius 3 is 2.46 bits per heavy atom. The van der Waals surface area contributed by atoms with Crippen LogP contribution in [-0.4, -0.2) is 42.9 Å². The number of amides is 2. The zero-order valence-corrected chi connectivity index (χ0v) is 25.0. The molecule has 1 aliphatic heterocycles. The predicted molar refractivity (Wildman–Crippen MR) is 157 cm³/mol. The van der Waals surface area contributed by atoms with Gasteiger partial charge in [0.25, 0.3) is 11.1 Å². The number of imide groups is 1. The van der Waals surface area contributed by atoms with E-state index in [4.69, 9.17) is 42.1 Å². The number of carbonyl (C=O) groups is 2. The molecule has 1 heterocycles. The van der Waals surface area contributed by atoms with Crippen LogP contribution in [0.15, 0.2) is 64.0 Å². The minimum Gasteiger partial charge on any atom is -0.493 e. The Balaban J connectivity index is 1.47. The fourth-order valence-corrected chi connectivity index (χ4v) is 5.59. The summed E-state index contributed by atoms with van der Waals surface area (Å²) in [4.78, 5) is 27.1. The number of methoxy groups -OCH3 is 1. The Hall–Kier alpha value is -2.85. The maximum absolute atomic E-state index is 13.0. The Morgan fingerprint density at radius 1 is 0.974 bits per heavy atom. The number of halogens is 3. The summed E-state index contributed by atoms with van der Waals surface area (Å²) in [5, 5.41) is 0.675. The molecule has 0 aromatic heterocycles. The van der Waals surface area contributed by atoms with Gasteiger partial charge in [-0.3, -0.25) is 14.5 Å². The van der Waals surface area contributed by atoms with Crippen molar-refractivity contribution in [2.75, 3.05) is 26.9 Å². The summed E-state index contributed by atoms with van der Waals surface area (Å²) in [6.07, 6.45) is 1.65. The van der Waals surface area contributed by atoms with Crippen LogP contribution in [0.4, 0.5) is 4.79 Å². The van der Waals surface area contributed by atoms with Crippen molar-refractivity contribution in [1.82, 2.24) is 4.90 Å². The normalized spacial score (nSPS) is 14.2. The van der Waals surface area contributed by atoms with Gasteiger partial charge in [-0.05, 0) is 82.7 Å². The van der Waals surface area contributed by atoms with Crippen molar-refractivity contribution in [3.8, 4) is 23.0 Å². The van der Waals surface area contributed by atoms with Crippen molar-refractivity contribution in [2.45, 2.75) is 13.5 Å². The molecule has 39 heavy (non-hydrogen) atoms. The Labute approximate surface area is 249 Å². The topological polar surface area (TPSA) is 74.3 Å². The smallest absolute Gasteiger partial charge is 0.293 e. The highest BCUT2D eigenvalue weighted by Gasteiger charge is 2.35. The molecule has 7 nitrogen and oxygen atoms in total. The molecular formula is C28H24BrCl2NO6S. The van der Waals surface area contributed by atoms with Gasteiger partial charge in [-0.1, -0.05) is 41.4 Å². The second-order valence-corrected chi connectivity index (χ2v) is 10.8. The molecule has 0 spiro atoms. The van der Waals surface area contributed by atoms with E-state index in [0.29, 0.717) is 54.6 Å². The number of hydrogen-bond acceptors (Lipinski definition) is 7. The van der Waals surface area contributed by atoms with Crippen molar-refractivity contribution >= 4 is 68.1 Å². The standard InChI is InChI=1S/C28H24BrCl2NO6S/c1-3-36-24-13-17(12-20(29)26(24)38-16-18-8-9-19(30)15-21(18)31)14-25-27(33)32(28(34)39-25)10-11-37-23-7-5-4-6-22(23)35-2/h4-9,12-15H,3,10-11,16H2,1-2H3/b25-14-. The molecule has 3 aromatic rings. The van der Waals surface area contributed by atoms with E-state index in [9.17, 15) is 9.59 Å². The van der Waals surface area contributed by atoms with E-state index < -0.39 is 0 Å². The lowest BCUT2D eigenvalue weighted by atomic mass is 10.1. The number of nitrogens with zero attached hydrogens (tertiary/aromatic N) is 1. The molecule has 1 saturated heterocycles. The molecule has 0 aliphatic carbocycles. The number of carbonyl (C=O) groups excluding carboxylic acids is 2. The van der Waals surface area contributed by atoms with Gasteiger partial charge in [0.2, 0.25) is 0 Å². The molecule has 2 amide bonds. The molecular weight excluding hydrogens is 629 g/mol. The lowest BCUT2D eigenvalue weighted by Crippen LogP contribution is -2.32. The van der Waals surface area contributed by atoms with Crippen molar-refractivity contribution in [3.05, 3.63) is 85.1 Å². The Bertz CT molecular complexity index is 1420. The molecule has 1 aliphatic rings. The fourth-order valence-electron chi connectivity index (χ4n) is 3.69. The van der Waals surface area contributed by atoms with Crippen LogP contribution < -0.4 is 18.9 Å². The first kappa shape index (κ1) is 29.1. The number of para-hydroxylation sites is 2. The summed E-state index contributed by atoms with van der Waals surface area (Å²) in [5.41, 5.74) is 1.43. The summed E-state index contributed by atoms with van der Waals surface area (Å²) >= 11 is 16.7. The number of thioether (sulfide) groups is 1. The van der Waals surface area contributed by atoms with Gasteiger partial charge < -0.3 is 18.9 Å². The number of rotatable bonds is 11. The van der Waals surface area contributed by atoms with Crippen molar-refractivity contribution in [2.24, 2.45) is 0 Å². The molecule has 11 heteroatoms. The molecule has 204 valence electrons. The van der Waals surface area contributed by atoms with Crippen molar-refractivity contribution in [3.63, 3.8) is 0 Å². The lowest BCUT2D eigenvalue weighted by molar-refractivity contribution is -0.123. The van der Waals surface area contributed by atoms with Gasteiger partial charge in [0.05, 0.1) is 29.6 Å². The summed E-state index contributed by atoms with van der Waals surface area (Å²) in [7, 11) is 1.55. The van der Waals surface area contributed by atoms with Crippen LogP contribution in [0.5, 0.6) is 23.0 Å². The summed E-state index contributed by atoms with van der Waals surface area (Å²) in [6, 6.07) is 15.9. The second kappa shape index (κ2) is 13.5. The van der Waals surface area contributed by atoms with E-state index in [1.54, 1.807) is 55.7 Å². The minimum absolute atomic E-state index is 0.105. The third-order valence-electron chi connectivity index (χ3n) is 5.53. The van der Waals surface area contributed by atoms with Gasteiger partial charge >= 0.3 is 0 Å². The van der Waals surface area contributed by atoms with Crippen LogP contribution in [0, 0.1) is 0 Å². The van der Waals surface area contributed by atoms with E-state index in [1.165, 1.54) is 0 Å². The first-order chi connectivity index (χ1) is 18.8. The van der Waals surface area contributed by atoms with Gasteiger partial charge in [0, 0.05) is 15.6 Å². The first-order valence-electron chi connectivity index (χ1n) is 11.8. The van der Waals surface area contributed by atoms with Crippen LogP contribution in [0.2, 0.25) is 10.0 Å². The fraction of sp³-hybridized carbons (Fsp3) is 0.214. The zero-order chi connectivity index (χ0) is 27.9. The van der Waals surface area contributed by atoms with E-state index in [-0.39, 0.29) is 30.9 Å². The van der Waals surface area contributed by atoms with E-state index in [0.717, 1.165) is 22.2 Å². The summed E-state index contributed by atoms with van der Waals surface area (Å²) in [6.45, 7) is 2.70. The SMILES string of the molecule is CCOc1cc(/C=C2\SC(=O)N(CCOc3ccccc3OC)C2=O)cc(Br)c1OCc1ccc(Cl)cc1Cl. The van der Waals surface area contributed by atoms with Crippen LogP contribution in [-0.2, 0) is 11.4 Å². The van der Waals surface area contributed by atoms with E-state index >= 15 is 0 Å². The second-order valence-electron chi connectivity index (χ2n) is 8.12. The molecule has 0 bridgehead atoms. The summed E-state index contributed by atoms with van der Waals surface area (Å²) in [5.74, 6) is 1.69.